The first kappa shape index (κ1) is 20.4. The maximum atomic E-state index is 11.7. The zero-order valence-electron chi connectivity index (χ0n) is 14.0. The molecule has 2 heterocycles. The molecule has 2 N–H and O–H groups in total. The van der Waals surface area contributed by atoms with Crippen LogP contribution in [0.2, 0.25) is 0 Å². The lowest BCUT2D eigenvalue weighted by Gasteiger charge is -2.52. The third-order valence-electron chi connectivity index (χ3n) is 5.38. The van der Waals surface area contributed by atoms with E-state index in [1.165, 1.54) is 14.2 Å². The van der Waals surface area contributed by atoms with Crippen LogP contribution in [-0.4, -0.2) is 38.1 Å². The van der Waals surface area contributed by atoms with Gasteiger partial charge in [-0.3, -0.25) is 4.79 Å². The maximum absolute atomic E-state index is 11.7. The molecule has 2 aliphatic heterocycles. The van der Waals surface area contributed by atoms with E-state index in [9.17, 15) is 4.79 Å². The van der Waals surface area contributed by atoms with E-state index in [0.717, 1.165) is 25.7 Å². The monoisotopic (exact) mass is 331 g/mol. The lowest BCUT2D eigenvalue weighted by molar-refractivity contribution is -0.248. The van der Waals surface area contributed by atoms with Crippen molar-refractivity contribution in [1.82, 2.24) is 0 Å². The molecule has 2 saturated heterocycles. The van der Waals surface area contributed by atoms with Gasteiger partial charge in [0.05, 0.1) is 26.7 Å². The van der Waals surface area contributed by atoms with Gasteiger partial charge in [0.2, 0.25) is 6.29 Å². The average molecular weight is 331 g/mol. The van der Waals surface area contributed by atoms with Crippen LogP contribution in [0.4, 0.5) is 0 Å². The van der Waals surface area contributed by atoms with Gasteiger partial charge in [-0.1, -0.05) is 14.4 Å². The summed E-state index contributed by atoms with van der Waals surface area (Å²) in [5, 5.41) is 0. The molecule has 0 aromatic carbocycles. The molecule has 3 aliphatic rings. The molecule has 0 spiro atoms. The van der Waals surface area contributed by atoms with E-state index >= 15 is 0 Å². The van der Waals surface area contributed by atoms with Crippen LogP contribution in [0.5, 0.6) is 0 Å². The van der Waals surface area contributed by atoms with Crippen LogP contribution < -0.4 is 5.73 Å². The predicted molar refractivity (Wildman–Crippen MR) is 87.3 cm³/mol. The van der Waals surface area contributed by atoms with Gasteiger partial charge < -0.3 is 15.2 Å². The van der Waals surface area contributed by atoms with Gasteiger partial charge in [0.1, 0.15) is 0 Å². The maximum Gasteiger partial charge on any atom is 0.309 e. The highest BCUT2D eigenvalue weighted by molar-refractivity contribution is 5.72. The summed E-state index contributed by atoms with van der Waals surface area (Å²) in [4.78, 5) is 19.8. The van der Waals surface area contributed by atoms with Crippen LogP contribution in [0.1, 0.15) is 53.4 Å². The largest absolute Gasteiger partial charge is 0.435 e. The summed E-state index contributed by atoms with van der Waals surface area (Å²) in [7, 11) is 2.92. The Hall–Kier alpha value is -0.690. The molecule has 6 atom stereocenters. The summed E-state index contributed by atoms with van der Waals surface area (Å²) >= 11 is 0. The first-order valence-electron chi connectivity index (χ1n) is 8.12. The van der Waals surface area contributed by atoms with Crippen molar-refractivity contribution in [1.29, 1.82) is 0 Å². The molecule has 0 amide bonds. The van der Waals surface area contributed by atoms with Crippen molar-refractivity contribution in [3.63, 3.8) is 0 Å². The first-order valence-corrected chi connectivity index (χ1v) is 8.12. The lowest BCUT2D eigenvalue weighted by atomic mass is 9.60. The third-order valence-corrected chi connectivity index (χ3v) is 5.38. The second kappa shape index (κ2) is 8.42. The summed E-state index contributed by atoms with van der Waals surface area (Å²) in [6, 6.07) is 0. The minimum Gasteiger partial charge on any atom is -0.435 e. The van der Waals surface area contributed by atoms with Gasteiger partial charge in [-0.2, -0.15) is 0 Å². The van der Waals surface area contributed by atoms with Crippen molar-refractivity contribution >= 4 is 5.97 Å². The van der Waals surface area contributed by atoms with Gasteiger partial charge in [0.15, 0.2) is 0 Å². The van der Waals surface area contributed by atoms with Crippen LogP contribution in [0, 0.1) is 17.8 Å². The minimum absolute atomic E-state index is 0. The summed E-state index contributed by atoms with van der Waals surface area (Å²) in [6.45, 7) is 4.36. The van der Waals surface area contributed by atoms with E-state index in [1.54, 1.807) is 0 Å². The summed E-state index contributed by atoms with van der Waals surface area (Å²) in [5.41, 5.74) is 6.14. The number of hydrogen-bond donors (Lipinski definition) is 1. The summed E-state index contributed by atoms with van der Waals surface area (Å²) < 4.78 is 11.4. The predicted octanol–water partition coefficient (Wildman–Crippen LogP) is 2.65. The van der Waals surface area contributed by atoms with E-state index in [2.05, 4.69) is 23.6 Å². The Balaban J connectivity index is 0.000000478. The molecule has 0 bridgehead atoms. The number of hydrogen-bond acceptors (Lipinski definition) is 6. The second-order valence-electron chi connectivity index (χ2n) is 6.83. The number of esters is 1. The number of rotatable bonds is 1. The molecular weight excluding hydrogens is 298 g/mol. The lowest BCUT2D eigenvalue weighted by Crippen LogP contribution is -2.63. The van der Waals surface area contributed by atoms with Crippen molar-refractivity contribution in [3.05, 3.63) is 0 Å². The molecule has 0 aromatic rings. The molecule has 136 valence electrons. The van der Waals surface area contributed by atoms with Crippen LogP contribution in [-0.2, 0) is 24.0 Å². The van der Waals surface area contributed by atoms with Gasteiger partial charge in [-0.15, -0.1) is 0 Å². The molecule has 3 rings (SSSR count). The summed E-state index contributed by atoms with van der Waals surface area (Å²) in [6.07, 6.45) is 4.31. The zero-order chi connectivity index (χ0) is 16.3. The Kier molecular flexibility index (Phi) is 7.45. The summed E-state index contributed by atoms with van der Waals surface area (Å²) in [5.74, 6) is 1.18. The van der Waals surface area contributed by atoms with E-state index < -0.39 is 11.8 Å². The van der Waals surface area contributed by atoms with Gasteiger partial charge in [-0.05, 0) is 44.4 Å². The van der Waals surface area contributed by atoms with Crippen molar-refractivity contribution in [3.8, 4) is 0 Å². The van der Waals surface area contributed by atoms with E-state index in [0.29, 0.717) is 18.3 Å². The molecule has 0 radical (unpaired) electrons. The van der Waals surface area contributed by atoms with Crippen LogP contribution in [0.3, 0.4) is 0 Å². The molecular formula is C17H33NO5. The molecule has 6 nitrogen and oxygen atoms in total. The highest BCUT2D eigenvalue weighted by Gasteiger charge is 2.56. The fourth-order valence-electron chi connectivity index (χ4n) is 4.15. The highest BCUT2D eigenvalue weighted by atomic mass is 17.2. The quantitative estimate of drug-likeness (QED) is 0.452. The Morgan fingerprint density at radius 2 is 1.83 bits per heavy atom. The molecule has 6 heteroatoms. The SMILES string of the molecule is C.CC1CCC2C(C)CC[C@@]3(N)CC(=O)OC(O1)C23.COOC. The molecule has 23 heavy (non-hydrogen) atoms. The Labute approximate surface area is 139 Å². The number of nitrogens with two attached hydrogens (primary N) is 1. The number of carbonyl (C=O) groups is 1. The van der Waals surface area contributed by atoms with Gasteiger partial charge in [0, 0.05) is 11.5 Å². The van der Waals surface area contributed by atoms with Crippen molar-refractivity contribution in [2.45, 2.75) is 71.3 Å². The topological polar surface area (TPSA) is 80.0 Å². The van der Waals surface area contributed by atoms with Crippen molar-refractivity contribution in [2.24, 2.45) is 23.5 Å². The van der Waals surface area contributed by atoms with Crippen molar-refractivity contribution < 1.29 is 24.0 Å². The van der Waals surface area contributed by atoms with Crippen LogP contribution >= 0.6 is 0 Å². The fraction of sp³-hybridized carbons (Fsp3) is 0.941. The van der Waals surface area contributed by atoms with E-state index in [-0.39, 0.29) is 25.4 Å². The second-order valence-corrected chi connectivity index (χ2v) is 6.83. The minimum atomic E-state index is -0.415. The van der Waals surface area contributed by atoms with Gasteiger partial charge in [-0.25, -0.2) is 9.78 Å². The van der Waals surface area contributed by atoms with Crippen LogP contribution in [0.15, 0.2) is 0 Å². The Bertz CT molecular complexity index is 389. The van der Waals surface area contributed by atoms with Crippen LogP contribution in [0.25, 0.3) is 0 Å². The fourth-order valence-corrected chi connectivity index (χ4v) is 4.15. The highest BCUT2D eigenvalue weighted by Crippen LogP contribution is 2.50. The number of carbonyl (C=O) groups excluding carboxylic acids is 1. The smallest absolute Gasteiger partial charge is 0.309 e. The van der Waals surface area contributed by atoms with Crippen molar-refractivity contribution in [2.75, 3.05) is 14.2 Å². The normalized spacial score (nSPS) is 42.1. The molecule has 1 saturated carbocycles. The Morgan fingerprint density at radius 3 is 2.43 bits per heavy atom. The molecule has 3 fully saturated rings. The van der Waals surface area contributed by atoms with E-state index in [1.807, 2.05) is 0 Å². The van der Waals surface area contributed by atoms with Gasteiger partial charge >= 0.3 is 5.97 Å². The molecule has 1 aliphatic carbocycles. The van der Waals surface area contributed by atoms with E-state index in [4.69, 9.17) is 15.2 Å². The number of ether oxygens (including phenoxy) is 2. The average Bonchev–Trinajstić information content (AvgIpc) is 2.63. The third kappa shape index (κ3) is 4.44. The van der Waals surface area contributed by atoms with Gasteiger partial charge in [0.25, 0.3) is 0 Å². The standard InChI is InChI=1S/C14H23NO3.C2H6O2.CH4/c1-8-5-6-14(15)7-11(16)18-13-12(14)10(8)4-3-9(2)17-13;1-3-4-2;/h8-10,12-13H,3-7,15H2,1-2H3;1-2H3;1H4/t8?,9?,10?,12?,13?,14-;;/m1../s1. The zero-order valence-corrected chi connectivity index (χ0v) is 14.0. The first-order chi connectivity index (χ1) is 10.4. The molecule has 5 unspecified atom stereocenters. The Morgan fingerprint density at radius 1 is 1.17 bits per heavy atom. The molecule has 0 aromatic heterocycles.